The summed E-state index contributed by atoms with van der Waals surface area (Å²) in [5, 5.41) is 7.43. The number of aryl methyl sites for hydroxylation is 1. The summed E-state index contributed by atoms with van der Waals surface area (Å²) in [4.78, 5) is 25.2. The maximum atomic E-state index is 14.4. The van der Waals surface area contributed by atoms with Crippen molar-refractivity contribution in [2.45, 2.75) is 19.6 Å². The van der Waals surface area contributed by atoms with Gasteiger partial charge in [-0.15, -0.1) is 0 Å². The lowest BCUT2D eigenvalue weighted by molar-refractivity contribution is 0.543. The minimum Gasteiger partial charge on any atom is -0.368 e. The van der Waals surface area contributed by atoms with Gasteiger partial charge in [0.2, 0.25) is 5.95 Å². The van der Waals surface area contributed by atoms with Gasteiger partial charge in [0, 0.05) is 30.2 Å². The lowest BCUT2D eigenvalue weighted by Gasteiger charge is -2.10. The van der Waals surface area contributed by atoms with Crippen LogP contribution in [0.5, 0.6) is 0 Å². The van der Waals surface area contributed by atoms with E-state index in [0.717, 1.165) is 16.7 Å². The molecule has 4 N–H and O–H groups in total. The van der Waals surface area contributed by atoms with Gasteiger partial charge in [-0.2, -0.15) is 24.3 Å². The molecule has 0 radical (unpaired) electrons. The highest BCUT2D eigenvalue weighted by Gasteiger charge is 2.15. The fourth-order valence-electron chi connectivity index (χ4n) is 4.29. The van der Waals surface area contributed by atoms with E-state index in [0.29, 0.717) is 57.8 Å². The number of nitrogen functional groups attached to an aromatic ring is 1. The predicted molar refractivity (Wildman–Crippen MR) is 153 cm³/mol. The van der Waals surface area contributed by atoms with E-state index in [9.17, 15) is 4.39 Å². The van der Waals surface area contributed by atoms with Crippen molar-refractivity contribution in [3.05, 3.63) is 87.9 Å². The summed E-state index contributed by atoms with van der Waals surface area (Å²) in [5.41, 5.74) is 10.8. The molecule has 0 spiro atoms. The van der Waals surface area contributed by atoms with Crippen LogP contribution in [0.2, 0.25) is 10.0 Å². The van der Waals surface area contributed by atoms with E-state index in [1.807, 2.05) is 31.3 Å². The monoisotopic (exact) mass is 577 g/mol. The largest absolute Gasteiger partial charge is 0.368 e. The first kappa shape index (κ1) is 25.7. The van der Waals surface area contributed by atoms with E-state index < -0.39 is 6.08 Å². The molecule has 0 amide bonds. The first-order valence-corrected chi connectivity index (χ1v) is 12.9. The number of nitrogens with two attached hydrogens (primary N) is 1. The summed E-state index contributed by atoms with van der Waals surface area (Å²) in [6.45, 7) is 1.28. The number of benzene rings is 2. The highest BCUT2D eigenvalue weighted by molar-refractivity contribution is 6.35. The van der Waals surface area contributed by atoms with E-state index in [1.165, 1.54) is 0 Å². The Hall–Kier alpha value is -4.55. The van der Waals surface area contributed by atoms with Crippen LogP contribution in [0.3, 0.4) is 0 Å². The number of rotatable bonds is 8. The molecule has 0 fully saturated rings. The maximum absolute atomic E-state index is 14.4. The standard InChI is InChI=1S/C26H22Cl2FN11/c1-39-12-33-19-22(36-26(30)38-23(19)39)31-9-14-2-4-15(5-3-14)11-40-13-34-20-21(35-25(29)37-24(20)40)32-10-16-6-7-17(27)8-18(16)28/h2-8,12-13H,9-11H2,1H3,(H,32,35,37)(H3,30,31,36,38). The number of aromatic nitrogens is 8. The number of nitrogens with one attached hydrogen (secondary N) is 2. The SMILES string of the molecule is Cn1cnc2c(NCc3ccc(Cn4cnc5c(NCc6ccc(Cl)cc6Cl)nc(F)nc54)cc3)nc(N)nc21. The fourth-order valence-corrected chi connectivity index (χ4v) is 4.77. The molecule has 0 aliphatic carbocycles. The lowest BCUT2D eigenvalue weighted by atomic mass is 10.1. The molecular formula is C26H22Cl2FN11. The molecule has 0 saturated carbocycles. The van der Waals surface area contributed by atoms with Gasteiger partial charge in [-0.3, -0.25) is 0 Å². The Morgan fingerprint density at radius 2 is 1.52 bits per heavy atom. The van der Waals surface area contributed by atoms with Gasteiger partial charge in [0.05, 0.1) is 19.2 Å². The van der Waals surface area contributed by atoms with Crippen molar-refractivity contribution in [3.8, 4) is 0 Å². The van der Waals surface area contributed by atoms with Crippen molar-refractivity contribution in [1.29, 1.82) is 0 Å². The van der Waals surface area contributed by atoms with E-state index in [4.69, 9.17) is 28.9 Å². The van der Waals surface area contributed by atoms with Gasteiger partial charge >= 0.3 is 6.08 Å². The number of nitrogens with zero attached hydrogens (tertiary/aromatic N) is 8. The first-order chi connectivity index (χ1) is 19.3. The highest BCUT2D eigenvalue weighted by Crippen LogP contribution is 2.25. The number of fused-ring (bicyclic) bond motifs is 2. The summed E-state index contributed by atoms with van der Waals surface area (Å²) in [5.74, 6) is 1.02. The Morgan fingerprint density at radius 3 is 2.33 bits per heavy atom. The topological polar surface area (TPSA) is 137 Å². The number of hydrogen-bond donors (Lipinski definition) is 3. The molecule has 6 aromatic rings. The van der Waals surface area contributed by atoms with Crippen molar-refractivity contribution in [3.63, 3.8) is 0 Å². The predicted octanol–water partition coefficient (Wildman–Crippen LogP) is 4.80. The second-order valence-corrected chi connectivity index (χ2v) is 9.95. The van der Waals surface area contributed by atoms with Gasteiger partial charge in [0.1, 0.15) is 0 Å². The van der Waals surface area contributed by atoms with Gasteiger partial charge in [-0.1, -0.05) is 53.5 Å². The third kappa shape index (κ3) is 5.18. The van der Waals surface area contributed by atoms with Crippen LogP contribution in [0.25, 0.3) is 22.3 Å². The Balaban J connectivity index is 1.16. The summed E-state index contributed by atoms with van der Waals surface area (Å²) < 4.78 is 17.9. The van der Waals surface area contributed by atoms with Gasteiger partial charge in [0.25, 0.3) is 0 Å². The van der Waals surface area contributed by atoms with Crippen molar-refractivity contribution in [1.82, 2.24) is 39.0 Å². The van der Waals surface area contributed by atoms with Crippen LogP contribution < -0.4 is 16.4 Å². The summed E-state index contributed by atoms with van der Waals surface area (Å²) in [6, 6.07) is 13.2. The summed E-state index contributed by atoms with van der Waals surface area (Å²) >= 11 is 12.2. The van der Waals surface area contributed by atoms with E-state index in [2.05, 4.69) is 40.5 Å². The molecule has 0 atom stereocenters. The molecule has 40 heavy (non-hydrogen) atoms. The molecule has 14 heteroatoms. The maximum Gasteiger partial charge on any atom is 0.312 e. The van der Waals surface area contributed by atoms with E-state index in [1.54, 1.807) is 40.0 Å². The van der Waals surface area contributed by atoms with Crippen molar-refractivity contribution >= 4 is 63.1 Å². The lowest BCUT2D eigenvalue weighted by Crippen LogP contribution is -2.07. The average Bonchev–Trinajstić information content (AvgIpc) is 3.50. The van der Waals surface area contributed by atoms with Crippen LogP contribution in [-0.4, -0.2) is 39.0 Å². The van der Waals surface area contributed by atoms with Crippen LogP contribution in [0.4, 0.5) is 22.0 Å². The zero-order valence-corrected chi connectivity index (χ0v) is 22.6. The van der Waals surface area contributed by atoms with E-state index >= 15 is 0 Å². The normalized spacial score (nSPS) is 11.4. The number of anilines is 3. The van der Waals surface area contributed by atoms with Gasteiger partial charge in [-0.05, 0) is 28.8 Å². The number of hydrogen-bond acceptors (Lipinski definition) is 9. The summed E-state index contributed by atoms with van der Waals surface area (Å²) in [7, 11) is 1.85. The van der Waals surface area contributed by atoms with Crippen LogP contribution >= 0.6 is 23.2 Å². The molecule has 0 aliphatic rings. The van der Waals surface area contributed by atoms with Crippen LogP contribution in [-0.2, 0) is 26.7 Å². The molecule has 6 rings (SSSR count). The first-order valence-electron chi connectivity index (χ1n) is 12.2. The molecule has 0 unspecified atom stereocenters. The van der Waals surface area contributed by atoms with Gasteiger partial charge in [0.15, 0.2) is 34.0 Å². The molecule has 202 valence electrons. The minimum absolute atomic E-state index is 0.175. The third-order valence-electron chi connectivity index (χ3n) is 6.31. The van der Waals surface area contributed by atoms with Crippen molar-refractivity contribution in [2.75, 3.05) is 16.4 Å². The fraction of sp³-hybridized carbons (Fsp3) is 0.154. The van der Waals surface area contributed by atoms with E-state index in [-0.39, 0.29) is 11.8 Å². The molecule has 2 aromatic carbocycles. The smallest absolute Gasteiger partial charge is 0.312 e. The number of imidazole rings is 2. The second kappa shape index (κ2) is 10.5. The molecular weight excluding hydrogens is 556 g/mol. The molecule has 0 bridgehead atoms. The van der Waals surface area contributed by atoms with Crippen LogP contribution in [0, 0.1) is 6.08 Å². The molecule has 4 heterocycles. The quantitative estimate of drug-likeness (QED) is 0.218. The van der Waals surface area contributed by atoms with Crippen molar-refractivity contribution in [2.24, 2.45) is 7.05 Å². The third-order valence-corrected chi connectivity index (χ3v) is 6.90. The van der Waals surface area contributed by atoms with Crippen molar-refractivity contribution < 1.29 is 4.39 Å². The van der Waals surface area contributed by atoms with Crippen LogP contribution in [0.1, 0.15) is 16.7 Å². The Labute approximate surface area is 237 Å². The second-order valence-electron chi connectivity index (χ2n) is 9.10. The van der Waals surface area contributed by atoms with Gasteiger partial charge in [-0.25, -0.2) is 9.97 Å². The highest BCUT2D eigenvalue weighted by atomic mass is 35.5. The Morgan fingerprint density at radius 1 is 0.825 bits per heavy atom. The summed E-state index contributed by atoms with van der Waals surface area (Å²) in [6.07, 6.45) is 2.43. The molecule has 11 nitrogen and oxygen atoms in total. The molecule has 0 aliphatic heterocycles. The number of halogens is 3. The Bertz CT molecular complexity index is 1850. The van der Waals surface area contributed by atoms with Crippen LogP contribution in [0.15, 0.2) is 55.1 Å². The molecule has 4 aromatic heterocycles. The molecule has 0 saturated heterocycles. The van der Waals surface area contributed by atoms with Gasteiger partial charge < -0.3 is 25.5 Å². The zero-order chi connectivity index (χ0) is 27.8. The minimum atomic E-state index is -0.854. The zero-order valence-electron chi connectivity index (χ0n) is 21.1. The Kier molecular flexibility index (Phi) is 6.78. The average molecular weight is 578 g/mol.